The number of benzene rings is 2. The number of amides is 1. The summed E-state index contributed by atoms with van der Waals surface area (Å²) in [5.74, 6) is -0.703. The third-order valence-corrected chi connectivity index (χ3v) is 4.02. The number of rotatable bonds is 4. The molecule has 2 rings (SSSR count). The van der Waals surface area contributed by atoms with Gasteiger partial charge >= 0.3 is 0 Å². The zero-order valence-electron chi connectivity index (χ0n) is 11.2. The number of carbonyl (C=O) groups excluding carboxylic acids is 1. The van der Waals surface area contributed by atoms with Crippen LogP contribution in [0.5, 0.6) is 0 Å². The fourth-order valence-corrected chi connectivity index (χ4v) is 2.18. The van der Waals surface area contributed by atoms with E-state index in [9.17, 15) is 9.18 Å². The Kier molecular flexibility index (Phi) is 5.20. The zero-order chi connectivity index (χ0) is 15.4. The number of halogens is 3. The molecule has 110 valence electrons. The van der Waals surface area contributed by atoms with Gasteiger partial charge in [-0.3, -0.25) is 4.79 Å². The summed E-state index contributed by atoms with van der Waals surface area (Å²) in [5, 5.41) is 5.81. The first kappa shape index (κ1) is 15.8. The van der Waals surface area contributed by atoms with Crippen LogP contribution >= 0.6 is 27.5 Å². The maximum absolute atomic E-state index is 12.9. The van der Waals surface area contributed by atoms with E-state index in [1.54, 1.807) is 0 Å². The molecule has 0 spiro atoms. The van der Waals surface area contributed by atoms with Crippen molar-refractivity contribution >= 4 is 44.8 Å². The Morgan fingerprint density at radius 3 is 2.71 bits per heavy atom. The SMILES string of the molecule is Cc1cc(NCC(=O)Nc2ccc(F)cc2Cl)ccc1Br. The molecule has 0 aliphatic carbocycles. The Labute approximate surface area is 135 Å². The van der Waals surface area contributed by atoms with Crippen LogP contribution in [0.2, 0.25) is 5.02 Å². The first-order valence-corrected chi connectivity index (χ1v) is 7.38. The van der Waals surface area contributed by atoms with Crippen LogP contribution in [-0.4, -0.2) is 12.5 Å². The minimum atomic E-state index is -0.443. The number of hydrogen-bond donors (Lipinski definition) is 2. The van der Waals surface area contributed by atoms with Crippen molar-refractivity contribution in [1.29, 1.82) is 0 Å². The number of carbonyl (C=O) groups is 1. The fourth-order valence-electron chi connectivity index (χ4n) is 1.72. The second-order valence-electron chi connectivity index (χ2n) is 4.49. The lowest BCUT2D eigenvalue weighted by Crippen LogP contribution is -2.22. The van der Waals surface area contributed by atoms with Gasteiger partial charge in [0, 0.05) is 10.2 Å². The smallest absolute Gasteiger partial charge is 0.243 e. The molecule has 0 bridgehead atoms. The largest absolute Gasteiger partial charge is 0.376 e. The minimum absolute atomic E-state index is 0.0920. The highest BCUT2D eigenvalue weighted by Gasteiger charge is 2.07. The lowest BCUT2D eigenvalue weighted by molar-refractivity contribution is -0.114. The topological polar surface area (TPSA) is 41.1 Å². The van der Waals surface area contributed by atoms with Crippen LogP contribution in [0, 0.1) is 12.7 Å². The van der Waals surface area contributed by atoms with Gasteiger partial charge in [-0.05, 0) is 48.9 Å². The van der Waals surface area contributed by atoms with Crippen molar-refractivity contribution < 1.29 is 9.18 Å². The van der Waals surface area contributed by atoms with Crippen molar-refractivity contribution in [1.82, 2.24) is 0 Å². The molecule has 3 nitrogen and oxygen atoms in total. The van der Waals surface area contributed by atoms with Crippen LogP contribution in [-0.2, 0) is 4.79 Å². The standard InChI is InChI=1S/C15H13BrClFN2O/c1-9-6-11(3-4-12(9)16)19-8-15(21)20-14-5-2-10(18)7-13(14)17/h2-7,19H,8H2,1H3,(H,20,21). The molecule has 2 N–H and O–H groups in total. The van der Waals surface area contributed by atoms with Crippen molar-refractivity contribution in [3.8, 4) is 0 Å². The molecule has 0 unspecified atom stereocenters. The first-order chi connectivity index (χ1) is 9.95. The molecule has 0 saturated heterocycles. The van der Waals surface area contributed by atoms with Crippen LogP contribution in [0.3, 0.4) is 0 Å². The van der Waals surface area contributed by atoms with Gasteiger partial charge in [-0.1, -0.05) is 27.5 Å². The summed E-state index contributed by atoms with van der Waals surface area (Å²) in [5.41, 5.74) is 2.30. The van der Waals surface area contributed by atoms with Crippen molar-refractivity contribution in [2.45, 2.75) is 6.92 Å². The summed E-state index contributed by atoms with van der Waals surface area (Å²) < 4.78 is 13.9. The van der Waals surface area contributed by atoms with Gasteiger partial charge in [0.2, 0.25) is 5.91 Å². The number of aryl methyl sites for hydroxylation is 1. The molecule has 21 heavy (non-hydrogen) atoms. The zero-order valence-corrected chi connectivity index (χ0v) is 13.6. The van der Waals surface area contributed by atoms with E-state index in [-0.39, 0.29) is 17.5 Å². The molecule has 0 heterocycles. The monoisotopic (exact) mass is 370 g/mol. The Hall–Kier alpha value is -1.59. The molecule has 0 aliphatic rings. The van der Waals surface area contributed by atoms with Gasteiger partial charge in [-0.2, -0.15) is 0 Å². The first-order valence-electron chi connectivity index (χ1n) is 6.20. The van der Waals surface area contributed by atoms with Crippen LogP contribution in [0.25, 0.3) is 0 Å². The predicted molar refractivity (Wildman–Crippen MR) is 87.4 cm³/mol. The highest BCUT2D eigenvalue weighted by Crippen LogP contribution is 2.22. The van der Waals surface area contributed by atoms with Crippen LogP contribution in [0.4, 0.5) is 15.8 Å². The molecule has 0 atom stereocenters. The van der Waals surface area contributed by atoms with Gasteiger partial charge in [0.1, 0.15) is 5.82 Å². The third-order valence-electron chi connectivity index (χ3n) is 2.82. The minimum Gasteiger partial charge on any atom is -0.376 e. The molecule has 0 aromatic heterocycles. The van der Waals surface area contributed by atoms with E-state index in [0.29, 0.717) is 5.69 Å². The van der Waals surface area contributed by atoms with E-state index in [4.69, 9.17) is 11.6 Å². The molecule has 0 aliphatic heterocycles. The number of nitrogens with one attached hydrogen (secondary N) is 2. The molecule has 2 aromatic rings. The van der Waals surface area contributed by atoms with Gasteiger partial charge in [0.25, 0.3) is 0 Å². The summed E-state index contributed by atoms with van der Waals surface area (Å²) in [7, 11) is 0. The van der Waals surface area contributed by atoms with Gasteiger partial charge in [-0.15, -0.1) is 0 Å². The van der Waals surface area contributed by atoms with E-state index >= 15 is 0 Å². The quantitative estimate of drug-likeness (QED) is 0.824. The second-order valence-corrected chi connectivity index (χ2v) is 5.75. The Morgan fingerprint density at radius 2 is 2.05 bits per heavy atom. The Morgan fingerprint density at radius 1 is 1.29 bits per heavy atom. The molecule has 0 saturated carbocycles. The van der Waals surface area contributed by atoms with Gasteiger partial charge in [0.15, 0.2) is 0 Å². The van der Waals surface area contributed by atoms with Gasteiger partial charge in [0.05, 0.1) is 17.3 Å². The van der Waals surface area contributed by atoms with E-state index < -0.39 is 5.82 Å². The summed E-state index contributed by atoms with van der Waals surface area (Å²) in [6.45, 7) is 2.06. The van der Waals surface area contributed by atoms with Crippen molar-refractivity contribution in [3.05, 3.63) is 57.3 Å². The van der Waals surface area contributed by atoms with Crippen molar-refractivity contribution in [2.75, 3.05) is 17.2 Å². The molecule has 2 aromatic carbocycles. The van der Waals surface area contributed by atoms with E-state index in [1.165, 1.54) is 12.1 Å². The maximum Gasteiger partial charge on any atom is 0.243 e. The molecule has 1 amide bonds. The average Bonchev–Trinajstić information content (AvgIpc) is 2.43. The summed E-state index contributed by atoms with van der Waals surface area (Å²) in [6.07, 6.45) is 0. The molecular formula is C15H13BrClFN2O. The van der Waals surface area contributed by atoms with Crippen LogP contribution in [0.15, 0.2) is 40.9 Å². The molecular weight excluding hydrogens is 359 g/mol. The lowest BCUT2D eigenvalue weighted by atomic mass is 10.2. The highest BCUT2D eigenvalue weighted by atomic mass is 79.9. The maximum atomic E-state index is 12.9. The van der Waals surface area contributed by atoms with Gasteiger partial charge in [-0.25, -0.2) is 4.39 Å². The highest BCUT2D eigenvalue weighted by molar-refractivity contribution is 9.10. The summed E-state index contributed by atoms with van der Waals surface area (Å²) in [4.78, 5) is 11.8. The average molecular weight is 372 g/mol. The third kappa shape index (κ3) is 4.44. The predicted octanol–water partition coefficient (Wildman–Crippen LogP) is 4.60. The van der Waals surface area contributed by atoms with E-state index in [0.717, 1.165) is 21.8 Å². The normalized spacial score (nSPS) is 10.3. The van der Waals surface area contributed by atoms with Crippen molar-refractivity contribution in [2.24, 2.45) is 0 Å². The second kappa shape index (κ2) is 6.91. The molecule has 0 fully saturated rings. The van der Waals surface area contributed by atoms with Crippen LogP contribution in [0.1, 0.15) is 5.56 Å². The number of hydrogen-bond acceptors (Lipinski definition) is 2. The molecule has 6 heteroatoms. The van der Waals surface area contributed by atoms with E-state index in [1.807, 2.05) is 25.1 Å². The lowest BCUT2D eigenvalue weighted by Gasteiger charge is -2.10. The Balaban J connectivity index is 1.94. The van der Waals surface area contributed by atoms with Crippen molar-refractivity contribution in [3.63, 3.8) is 0 Å². The van der Waals surface area contributed by atoms with Crippen LogP contribution < -0.4 is 10.6 Å². The Bertz CT molecular complexity index is 679. The fraction of sp³-hybridized carbons (Fsp3) is 0.133. The summed E-state index contributed by atoms with van der Waals surface area (Å²) in [6, 6.07) is 9.54. The van der Waals surface area contributed by atoms with Gasteiger partial charge < -0.3 is 10.6 Å². The number of anilines is 2. The summed E-state index contributed by atoms with van der Waals surface area (Å²) >= 11 is 9.26. The van der Waals surface area contributed by atoms with E-state index in [2.05, 4.69) is 26.6 Å². The molecule has 0 radical (unpaired) electrons.